The molecule has 324 valence electrons. The van der Waals surface area contributed by atoms with E-state index in [2.05, 4.69) is 49.6 Å². The van der Waals surface area contributed by atoms with Crippen LogP contribution in [0, 0.1) is 19.8 Å². The van der Waals surface area contributed by atoms with Crippen LogP contribution in [0.15, 0.2) is 82.8 Å². The third-order valence-electron chi connectivity index (χ3n) is 12.5. The van der Waals surface area contributed by atoms with Crippen molar-refractivity contribution in [1.82, 2.24) is 35.5 Å². The first-order chi connectivity index (χ1) is 30.6. The maximum atomic E-state index is 14.3. The Morgan fingerprint density at radius 3 is 2.48 bits per heavy atom. The van der Waals surface area contributed by atoms with E-state index >= 15 is 0 Å². The van der Waals surface area contributed by atoms with Crippen LogP contribution in [-0.2, 0) is 16.1 Å². The van der Waals surface area contributed by atoms with Gasteiger partial charge in [-0.15, -0.1) is 32.9 Å². The van der Waals surface area contributed by atoms with Crippen molar-refractivity contribution >= 4 is 50.5 Å². The van der Waals surface area contributed by atoms with E-state index in [4.69, 9.17) is 14.2 Å². The van der Waals surface area contributed by atoms with Gasteiger partial charge >= 0.3 is 0 Å². The predicted octanol–water partition coefficient (Wildman–Crippen LogP) is 9.29. The van der Waals surface area contributed by atoms with Gasteiger partial charge in [-0.25, -0.2) is 4.98 Å². The number of phenols is 1. The second-order valence-corrected chi connectivity index (χ2v) is 18.6. The number of ether oxygens (including phenoxy) is 1. The van der Waals surface area contributed by atoms with Crippen molar-refractivity contribution in [2.45, 2.75) is 77.8 Å². The van der Waals surface area contributed by atoms with Crippen molar-refractivity contribution in [2.75, 3.05) is 31.6 Å². The van der Waals surface area contributed by atoms with E-state index < -0.39 is 12.0 Å². The summed E-state index contributed by atoms with van der Waals surface area (Å²) >= 11 is 3.32. The number of rotatable bonds is 12. The van der Waals surface area contributed by atoms with Gasteiger partial charge in [0.25, 0.3) is 0 Å². The standard InChI is InChI=1S/C48H50N8O5S2/c1-27(2)42(48(59)56-20-8-10-38(56)45(58)49-25-30-12-14-31(15-13-30)44-29(4)50-26-62-44)40-24-37(54-61-40)34-16-17-41(51-46(34)60-5)55-21-18-32(19-22-55)43-28(3)35-23-36(52-53-47(35)63-43)33-9-6-7-11-39(33)57/h6-7,9,11-17,23-24,26-27,32,38,42,57H,8,10,18-22,25H2,1-5H3,(H,49,58). The fourth-order valence-corrected chi connectivity index (χ4v) is 11.1. The first-order valence-electron chi connectivity index (χ1n) is 21.5. The summed E-state index contributed by atoms with van der Waals surface area (Å²) in [5.74, 6) is 1.22. The van der Waals surface area contributed by atoms with Crippen molar-refractivity contribution in [3.8, 4) is 44.6 Å². The summed E-state index contributed by atoms with van der Waals surface area (Å²) < 4.78 is 11.7. The molecule has 9 rings (SSSR count). The highest BCUT2D eigenvalue weighted by atomic mass is 32.1. The number of phenolic OH excluding ortho intramolecular Hbond substituents is 1. The van der Waals surface area contributed by atoms with Crippen molar-refractivity contribution in [1.29, 1.82) is 0 Å². The molecule has 2 aliphatic rings. The third kappa shape index (κ3) is 8.39. The Bertz CT molecular complexity index is 2770. The van der Waals surface area contributed by atoms with Gasteiger partial charge in [0.15, 0.2) is 0 Å². The van der Waals surface area contributed by atoms with Gasteiger partial charge in [0.2, 0.25) is 17.7 Å². The first-order valence-corrected chi connectivity index (χ1v) is 23.2. The summed E-state index contributed by atoms with van der Waals surface area (Å²) in [4.78, 5) is 44.5. The summed E-state index contributed by atoms with van der Waals surface area (Å²) in [6.45, 7) is 10.7. The molecule has 0 bridgehead atoms. The highest BCUT2D eigenvalue weighted by Gasteiger charge is 2.40. The van der Waals surface area contributed by atoms with Gasteiger partial charge in [-0.05, 0) is 98.4 Å². The topological polar surface area (TPSA) is 160 Å². The van der Waals surface area contributed by atoms with Crippen LogP contribution in [0.2, 0.25) is 0 Å². The van der Waals surface area contributed by atoms with Crippen molar-refractivity contribution in [3.63, 3.8) is 0 Å². The Morgan fingerprint density at radius 2 is 1.75 bits per heavy atom. The molecule has 2 N–H and O–H groups in total. The number of piperidine rings is 1. The minimum Gasteiger partial charge on any atom is -0.507 e. The number of nitrogens with one attached hydrogen (secondary N) is 1. The number of aromatic hydroxyl groups is 1. The van der Waals surface area contributed by atoms with E-state index in [9.17, 15) is 14.7 Å². The number of carbonyl (C=O) groups is 2. The van der Waals surface area contributed by atoms with Crippen LogP contribution >= 0.6 is 22.7 Å². The number of anilines is 1. The van der Waals surface area contributed by atoms with Crippen LogP contribution < -0.4 is 15.0 Å². The molecule has 7 aromatic rings. The summed E-state index contributed by atoms with van der Waals surface area (Å²) in [6.07, 6.45) is 3.26. The molecule has 15 heteroatoms. The molecule has 2 aromatic carbocycles. The number of aromatic nitrogens is 5. The average Bonchev–Trinajstić information content (AvgIpc) is 4.14. The Hall–Kier alpha value is -6.19. The monoisotopic (exact) mass is 882 g/mol. The number of fused-ring (bicyclic) bond motifs is 1. The lowest BCUT2D eigenvalue weighted by molar-refractivity contribution is -0.140. The van der Waals surface area contributed by atoms with Gasteiger partial charge in [0, 0.05) is 48.1 Å². The molecule has 2 fully saturated rings. The number of aryl methyl sites for hydroxylation is 2. The highest BCUT2D eigenvalue weighted by Crippen LogP contribution is 2.42. The Labute approximate surface area is 374 Å². The SMILES string of the molecule is COc1nc(N2CCC(c3sc4nnc(-c5ccccc5O)cc4c3C)CC2)ccc1-c1cc(C(C(=O)N2CCCC2C(=O)NCc2ccc(-c3scnc3C)cc2)C(C)C)on1. The van der Waals surface area contributed by atoms with E-state index in [1.807, 2.05) is 68.7 Å². The lowest BCUT2D eigenvalue weighted by atomic mass is 9.91. The van der Waals surface area contributed by atoms with Gasteiger partial charge in [0.1, 0.15) is 39.8 Å². The molecule has 2 amide bonds. The first kappa shape index (κ1) is 42.1. The predicted molar refractivity (Wildman–Crippen MR) is 246 cm³/mol. The molecule has 5 aromatic heterocycles. The molecule has 13 nitrogen and oxygen atoms in total. The summed E-state index contributed by atoms with van der Waals surface area (Å²) in [6, 6.07) is 22.6. The van der Waals surface area contributed by atoms with E-state index in [1.54, 1.807) is 52.9 Å². The summed E-state index contributed by atoms with van der Waals surface area (Å²) in [7, 11) is 1.60. The molecule has 2 atom stereocenters. The molecule has 7 heterocycles. The van der Waals surface area contributed by atoms with E-state index in [0.717, 1.165) is 70.1 Å². The van der Waals surface area contributed by atoms with Crippen LogP contribution in [0.25, 0.3) is 43.2 Å². The zero-order valence-corrected chi connectivity index (χ0v) is 37.6. The molecule has 2 unspecified atom stereocenters. The van der Waals surface area contributed by atoms with Gasteiger partial charge in [0.05, 0.1) is 34.4 Å². The number of para-hydroxylation sites is 1. The number of pyridine rings is 1. The Morgan fingerprint density at radius 1 is 0.952 bits per heavy atom. The number of thiophene rings is 1. The van der Waals surface area contributed by atoms with Crippen LogP contribution in [0.5, 0.6) is 11.6 Å². The number of amides is 2. The second-order valence-electron chi connectivity index (χ2n) is 16.8. The zero-order chi connectivity index (χ0) is 43.8. The second kappa shape index (κ2) is 17.9. The van der Waals surface area contributed by atoms with Gasteiger partial charge in [-0.3, -0.25) is 9.59 Å². The molecule has 0 saturated carbocycles. The fourth-order valence-electron chi connectivity index (χ4n) is 9.02. The van der Waals surface area contributed by atoms with E-state index in [1.165, 1.54) is 10.4 Å². The van der Waals surface area contributed by atoms with E-state index in [-0.39, 0.29) is 23.5 Å². The number of carbonyl (C=O) groups excluding carboxylic acids is 2. The summed E-state index contributed by atoms with van der Waals surface area (Å²) in [5, 5.41) is 27.9. The van der Waals surface area contributed by atoms with Gasteiger partial charge in [-0.2, -0.15) is 4.98 Å². The molecule has 2 aliphatic heterocycles. The van der Waals surface area contributed by atoms with Crippen molar-refractivity contribution in [3.05, 3.63) is 106 Å². The van der Waals surface area contributed by atoms with Gasteiger partial charge < -0.3 is 29.5 Å². The number of hydrogen-bond acceptors (Lipinski definition) is 13. The zero-order valence-electron chi connectivity index (χ0n) is 36.0. The smallest absolute Gasteiger partial charge is 0.243 e. The Kier molecular flexibility index (Phi) is 12.0. The number of hydrogen-bond donors (Lipinski definition) is 2. The highest BCUT2D eigenvalue weighted by molar-refractivity contribution is 7.19. The number of likely N-dealkylation sites (tertiary alicyclic amines) is 1. The van der Waals surface area contributed by atoms with Crippen LogP contribution in [-0.4, -0.2) is 79.9 Å². The van der Waals surface area contributed by atoms with Crippen LogP contribution in [0.1, 0.15) is 78.8 Å². The minimum atomic E-state index is -0.627. The lowest BCUT2D eigenvalue weighted by Gasteiger charge is -2.33. The Balaban J connectivity index is 0.844. The lowest BCUT2D eigenvalue weighted by Crippen LogP contribution is -2.47. The number of nitrogens with zero attached hydrogens (tertiary/aromatic N) is 7. The van der Waals surface area contributed by atoms with Gasteiger partial charge in [-0.1, -0.05) is 55.4 Å². The average molecular weight is 883 g/mol. The number of benzene rings is 2. The fraction of sp³-hybridized carbons (Fsp3) is 0.354. The molecular weight excluding hydrogens is 833 g/mol. The third-order valence-corrected chi connectivity index (χ3v) is 14.8. The molecule has 0 spiro atoms. The molecule has 0 radical (unpaired) electrons. The van der Waals surface area contributed by atoms with Crippen LogP contribution in [0.3, 0.4) is 0 Å². The maximum absolute atomic E-state index is 14.3. The maximum Gasteiger partial charge on any atom is 0.243 e. The minimum absolute atomic E-state index is 0.112. The van der Waals surface area contributed by atoms with Crippen molar-refractivity contribution < 1.29 is 24.0 Å². The molecule has 0 aliphatic carbocycles. The summed E-state index contributed by atoms with van der Waals surface area (Å²) in [5.41, 5.74) is 8.68. The quantitative estimate of drug-likeness (QED) is 0.120. The molecular formula is C48H50N8O5S2. The normalized spacial score (nSPS) is 16.3. The molecule has 2 saturated heterocycles. The number of thiazole rings is 1. The largest absolute Gasteiger partial charge is 0.507 e. The van der Waals surface area contributed by atoms with Crippen molar-refractivity contribution in [2.24, 2.45) is 5.92 Å². The van der Waals surface area contributed by atoms with Crippen LogP contribution in [0.4, 0.5) is 5.82 Å². The number of methoxy groups -OCH3 is 1. The molecule has 63 heavy (non-hydrogen) atoms. The van der Waals surface area contributed by atoms with E-state index in [0.29, 0.717) is 59.6 Å².